The lowest BCUT2D eigenvalue weighted by atomic mass is 9.85. The first-order valence-corrected chi connectivity index (χ1v) is 12.6. The van der Waals surface area contributed by atoms with Gasteiger partial charge in [-0.25, -0.2) is 4.79 Å². The molecule has 4 atom stereocenters. The lowest BCUT2D eigenvalue weighted by Gasteiger charge is -2.41. The Morgan fingerprint density at radius 3 is 2.30 bits per heavy atom. The number of carbonyl (C=O) groups excluding carboxylic acids is 3. The molecule has 7 heteroatoms. The summed E-state index contributed by atoms with van der Waals surface area (Å²) in [6.07, 6.45) is 6.35. The van der Waals surface area contributed by atoms with Crippen molar-refractivity contribution in [1.29, 1.82) is 0 Å². The van der Waals surface area contributed by atoms with Gasteiger partial charge in [-0.2, -0.15) is 0 Å². The summed E-state index contributed by atoms with van der Waals surface area (Å²) in [4.78, 5) is 43.0. The Bertz CT molecular complexity index is 698. The van der Waals surface area contributed by atoms with Crippen molar-refractivity contribution in [2.24, 2.45) is 5.41 Å². The van der Waals surface area contributed by atoms with Crippen molar-refractivity contribution in [2.75, 3.05) is 20.2 Å². The SMILES string of the molecule is CCOC(=O)C(C)=C[C@H](CC)N(C)C(=O)[C@@H](NC(=O)[C@H]1CCCCN1C(C)CC)C(C)(C)C. The van der Waals surface area contributed by atoms with E-state index in [4.69, 9.17) is 4.74 Å². The third-order valence-corrected chi connectivity index (χ3v) is 6.71. The fourth-order valence-electron chi connectivity index (χ4n) is 4.36. The number of likely N-dealkylation sites (tertiary alicyclic amines) is 1. The first-order chi connectivity index (χ1) is 15.4. The van der Waals surface area contributed by atoms with Crippen molar-refractivity contribution in [1.82, 2.24) is 15.1 Å². The van der Waals surface area contributed by atoms with Crippen molar-refractivity contribution in [3.63, 3.8) is 0 Å². The van der Waals surface area contributed by atoms with Gasteiger partial charge < -0.3 is 15.0 Å². The van der Waals surface area contributed by atoms with E-state index >= 15 is 0 Å². The molecule has 1 saturated heterocycles. The quantitative estimate of drug-likeness (QED) is 0.391. The molecule has 1 fully saturated rings. The third kappa shape index (κ3) is 8.13. The average molecular weight is 466 g/mol. The minimum absolute atomic E-state index is 0.0667. The summed E-state index contributed by atoms with van der Waals surface area (Å²) in [7, 11) is 1.74. The van der Waals surface area contributed by atoms with Crippen LogP contribution in [0.5, 0.6) is 0 Å². The molecule has 7 nitrogen and oxygen atoms in total. The molecule has 0 aliphatic carbocycles. The van der Waals surface area contributed by atoms with Gasteiger partial charge in [-0.3, -0.25) is 14.5 Å². The van der Waals surface area contributed by atoms with E-state index in [1.807, 2.05) is 27.7 Å². The number of amides is 2. The summed E-state index contributed by atoms with van der Waals surface area (Å²) >= 11 is 0. The predicted molar refractivity (Wildman–Crippen MR) is 133 cm³/mol. The summed E-state index contributed by atoms with van der Waals surface area (Å²) in [5, 5.41) is 3.11. The van der Waals surface area contributed by atoms with Gasteiger partial charge in [0.25, 0.3) is 0 Å². The van der Waals surface area contributed by atoms with Gasteiger partial charge in [0.05, 0.1) is 18.7 Å². The van der Waals surface area contributed by atoms with E-state index in [2.05, 4.69) is 24.1 Å². The van der Waals surface area contributed by atoms with Crippen molar-refractivity contribution < 1.29 is 19.1 Å². The van der Waals surface area contributed by atoms with Crippen LogP contribution in [0.4, 0.5) is 0 Å². The highest BCUT2D eigenvalue weighted by Crippen LogP contribution is 2.25. The largest absolute Gasteiger partial charge is 0.463 e. The van der Waals surface area contributed by atoms with Crippen LogP contribution < -0.4 is 5.32 Å². The molecular formula is C26H47N3O4. The van der Waals surface area contributed by atoms with E-state index < -0.39 is 11.5 Å². The van der Waals surface area contributed by atoms with E-state index in [1.54, 1.807) is 31.9 Å². The summed E-state index contributed by atoms with van der Waals surface area (Å²) in [6, 6.07) is -0.812. The fraction of sp³-hybridized carbons (Fsp3) is 0.808. The van der Waals surface area contributed by atoms with Crippen LogP contribution in [0, 0.1) is 5.41 Å². The number of rotatable bonds is 10. The average Bonchev–Trinajstić information content (AvgIpc) is 2.78. The van der Waals surface area contributed by atoms with Gasteiger partial charge in [0.1, 0.15) is 6.04 Å². The maximum Gasteiger partial charge on any atom is 0.333 e. The standard InChI is InChI=1S/C26H47N3O4/c1-10-19(5)29-16-14-13-15-21(29)23(30)27-22(26(6,7)8)24(31)28(9)20(11-2)17-18(4)25(32)33-12-3/h17,19-22H,10-16H2,1-9H3,(H,27,30)/t19?,20-,21+,22+/m0/s1. The summed E-state index contributed by atoms with van der Waals surface area (Å²) in [5.74, 6) is -0.593. The molecule has 190 valence electrons. The summed E-state index contributed by atoms with van der Waals surface area (Å²) in [5.41, 5.74) is 0.0146. The maximum atomic E-state index is 13.6. The van der Waals surface area contributed by atoms with E-state index in [-0.39, 0.29) is 29.9 Å². The lowest BCUT2D eigenvalue weighted by Crippen LogP contribution is -2.60. The van der Waals surface area contributed by atoms with Gasteiger partial charge in [0, 0.05) is 18.7 Å². The molecule has 1 N–H and O–H groups in total. The Kier molecular flexibility index (Phi) is 11.6. The normalized spacial score (nSPS) is 20.5. The molecule has 2 amide bonds. The molecule has 0 spiro atoms. The van der Waals surface area contributed by atoms with Gasteiger partial charge in [-0.1, -0.05) is 47.1 Å². The molecule has 1 aliphatic heterocycles. The minimum atomic E-state index is -0.666. The van der Waals surface area contributed by atoms with Gasteiger partial charge in [0.15, 0.2) is 0 Å². The molecule has 33 heavy (non-hydrogen) atoms. The molecule has 1 aliphatic rings. The number of esters is 1. The number of hydrogen-bond acceptors (Lipinski definition) is 5. The minimum Gasteiger partial charge on any atom is -0.463 e. The lowest BCUT2D eigenvalue weighted by molar-refractivity contribution is -0.141. The highest BCUT2D eigenvalue weighted by atomic mass is 16.5. The molecular weight excluding hydrogens is 418 g/mol. The highest BCUT2D eigenvalue weighted by Gasteiger charge is 2.39. The van der Waals surface area contributed by atoms with E-state index in [0.717, 1.165) is 32.2 Å². The number of nitrogens with zero attached hydrogens (tertiary/aromatic N) is 2. The van der Waals surface area contributed by atoms with Gasteiger partial charge in [-0.05, 0) is 58.4 Å². The van der Waals surface area contributed by atoms with Crippen LogP contribution in [0.25, 0.3) is 0 Å². The number of likely N-dealkylation sites (N-methyl/N-ethyl adjacent to an activating group) is 1. The Balaban J connectivity index is 3.09. The Morgan fingerprint density at radius 1 is 1.15 bits per heavy atom. The van der Waals surface area contributed by atoms with Gasteiger partial charge in [0.2, 0.25) is 11.8 Å². The highest BCUT2D eigenvalue weighted by molar-refractivity contribution is 5.91. The summed E-state index contributed by atoms with van der Waals surface area (Å²) in [6.45, 7) is 16.9. The second-order valence-corrected chi connectivity index (χ2v) is 10.3. The maximum absolute atomic E-state index is 13.6. The van der Waals surface area contributed by atoms with Crippen LogP contribution in [0.1, 0.15) is 87.5 Å². The van der Waals surface area contributed by atoms with Crippen LogP contribution in [-0.2, 0) is 19.1 Å². The zero-order chi connectivity index (χ0) is 25.3. The first-order valence-electron chi connectivity index (χ1n) is 12.6. The number of nitrogens with one attached hydrogen (secondary N) is 1. The van der Waals surface area contributed by atoms with Crippen LogP contribution in [0.15, 0.2) is 11.6 Å². The van der Waals surface area contributed by atoms with Crippen molar-refractivity contribution in [3.8, 4) is 0 Å². The number of piperidine rings is 1. The van der Waals surface area contributed by atoms with Crippen LogP contribution in [0.2, 0.25) is 0 Å². The van der Waals surface area contributed by atoms with Crippen LogP contribution in [-0.4, -0.2) is 72.0 Å². The first kappa shape index (κ1) is 29.1. The molecule has 0 radical (unpaired) electrons. The van der Waals surface area contributed by atoms with E-state index in [9.17, 15) is 14.4 Å². The Morgan fingerprint density at radius 2 is 1.79 bits per heavy atom. The summed E-state index contributed by atoms with van der Waals surface area (Å²) < 4.78 is 5.08. The predicted octanol–water partition coefficient (Wildman–Crippen LogP) is 3.92. The number of ether oxygens (including phenoxy) is 1. The fourth-order valence-corrected chi connectivity index (χ4v) is 4.36. The molecule has 0 aromatic rings. The van der Waals surface area contributed by atoms with Crippen molar-refractivity contribution >= 4 is 17.8 Å². The topological polar surface area (TPSA) is 79.0 Å². The number of hydrogen-bond donors (Lipinski definition) is 1. The molecule has 0 bridgehead atoms. The zero-order valence-electron chi connectivity index (χ0n) is 22.4. The zero-order valence-corrected chi connectivity index (χ0v) is 22.4. The second kappa shape index (κ2) is 13.1. The van der Waals surface area contributed by atoms with E-state index in [0.29, 0.717) is 24.6 Å². The monoisotopic (exact) mass is 465 g/mol. The molecule has 0 aromatic heterocycles. The molecule has 0 aromatic carbocycles. The van der Waals surface area contributed by atoms with Crippen molar-refractivity contribution in [3.05, 3.63) is 11.6 Å². The molecule has 1 unspecified atom stereocenters. The smallest absolute Gasteiger partial charge is 0.333 e. The van der Waals surface area contributed by atoms with Crippen LogP contribution >= 0.6 is 0 Å². The Labute approximate surface area is 201 Å². The third-order valence-electron chi connectivity index (χ3n) is 6.71. The second-order valence-electron chi connectivity index (χ2n) is 10.3. The number of carbonyl (C=O) groups is 3. The van der Waals surface area contributed by atoms with Crippen molar-refractivity contribution in [2.45, 2.75) is 112 Å². The van der Waals surface area contributed by atoms with Gasteiger partial charge in [-0.15, -0.1) is 0 Å². The van der Waals surface area contributed by atoms with Crippen LogP contribution in [0.3, 0.4) is 0 Å². The van der Waals surface area contributed by atoms with Gasteiger partial charge >= 0.3 is 5.97 Å². The molecule has 1 rings (SSSR count). The van der Waals surface area contributed by atoms with E-state index in [1.165, 1.54) is 0 Å². The molecule has 0 saturated carbocycles. The molecule has 1 heterocycles. The Hall–Kier alpha value is -1.89.